The first kappa shape index (κ1) is 15.3. The van der Waals surface area contributed by atoms with Crippen molar-refractivity contribution in [1.29, 1.82) is 0 Å². The SMILES string of the molecule is COC1CCCN(C(=O)c2n[nH]c(C)c2S(=O)(=O)Cl)C1. The molecule has 112 valence electrons. The molecule has 0 aromatic carbocycles. The maximum atomic E-state index is 12.4. The van der Waals surface area contributed by atoms with E-state index in [1.807, 2.05) is 0 Å². The fourth-order valence-corrected chi connectivity index (χ4v) is 3.67. The molecule has 0 bridgehead atoms. The van der Waals surface area contributed by atoms with E-state index in [9.17, 15) is 13.2 Å². The van der Waals surface area contributed by atoms with Gasteiger partial charge in [-0.1, -0.05) is 0 Å². The Labute approximate surface area is 121 Å². The van der Waals surface area contributed by atoms with E-state index < -0.39 is 15.0 Å². The summed E-state index contributed by atoms with van der Waals surface area (Å²) in [6, 6.07) is 0. The highest BCUT2D eigenvalue weighted by atomic mass is 35.7. The molecule has 0 spiro atoms. The van der Waals surface area contributed by atoms with Crippen LogP contribution in [0.2, 0.25) is 0 Å². The number of halogens is 1. The molecule has 20 heavy (non-hydrogen) atoms. The van der Waals surface area contributed by atoms with Crippen LogP contribution < -0.4 is 0 Å². The maximum Gasteiger partial charge on any atom is 0.275 e. The molecule has 7 nitrogen and oxygen atoms in total. The number of amides is 1. The van der Waals surface area contributed by atoms with Crippen molar-refractivity contribution in [3.05, 3.63) is 11.4 Å². The second-order valence-electron chi connectivity index (χ2n) is 4.72. The van der Waals surface area contributed by atoms with Crippen molar-refractivity contribution >= 4 is 25.6 Å². The average molecular weight is 322 g/mol. The van der Waals surface area contributed by atoms with Crippen LogP contribution in [0.5, 0.6) is 0 Å². The number of carbonyl (C=O) groups is 1. The van der Waals surface area contributed by atoms with Crippen molar-refractivity contribution in [3.8, 4) is 0 Å². The Balaban J connectivity index is 2.30. The van der Waals surface area contributed by atoms with Crippen LogP contribution >= 0.6 is 10.7 Å². The number of carbonyl (C=O) groups excluding carboxylic acids is 1. The monoisotopic (exact) mass is 321 g/mol. The predicted molar refractivity (Wildman–Crippen MR) is 72.3 cm³/mol. The van der Waals surface area contributed by atoms with Crippen LogP contribution in [0.15, 0.2) is 4.90 Å². The number of methoxy groups -OCH3 is 1. The standard InChI is InChI=1S/C11H16ClN3O4S/c1-7-10(20(12,17)18)9(14-13-7)11(16)15-5-3-4-8(6-15)19-2/h8H,3-6H2,1-2H3,(H,13,14). The second kappa shape index (κ2) is 5.71. The van der Waals surface area contributed by atoms with Gasteiger partial charge in [0.15, 0.2) is 5.69 Å². The highest BCUT2D eigenvalue weighted by molar-refractivity contribution is 8.13. The van der Waals surface area contributed by atoms with Gasteiger partial charge in [0, 0.05) is 30.9 Å². The first-order valence-electron chi connectivity index (χ1n) is 6.16. The average Bonchev–Trinajstić information content (AvgIpc) is 2.79. The Morgan fingerprint density at radius 2 is 2.25 bits per heavy atom. The number of hydrogen-bond donors (Lipinski definition) is 1. The van der Waals surface area contributed by atoms with Crippen LogP contribution in [0.3, 0.4) is 0 Å². The number of hydrogen-bond acceptors (Lipinski definition) is 5. The van der Waals surface area contributed by atoms with Crippen molar-refractivity contribution in [3.63, 3.8) is 0 Å². The van der Waals surface area contributed by atoms with Gasteiger partial charge in [0.05, 0.1) is 11.8 Å². The van der Waals surface area contributed by atoms with Crippen LogP contribution in [-0.2, 0) is 13.8 Å². The first-order chi connectivity index (χ1) is 9.34. The van der Waals surface area contributed by atoms with E-state index in [4.69, 9.17) is 15.4 Å². The van der Waals surface area contributed by atoms with Crippen molar-refractivity contribution in [2.45, 2.75) is 30.8 Å². The summed E-state index contributed by atoms with van der Waals surface area (Å²) in [6.45, 7) is 2.47. The minimum Gasteiger partial charge on any atom is -0.380 e. The fourth-order valence-electron chi connectivity index (χ4n) is 2.33. The van der Waals surface area contributed by atoms with Gasteiger partial charge in [-0.3, -0.25) is 9.89 Å². The number of likely N-dealkylation sites (tertiary alicyclic amines) is 1. The first-order valence-corrected chi connectivity index (χ1v) is 8.47. The van der Waals surface area contributed by atoms with Crippen LogP contribution in [0, 0.1) is 6.92 Å². The zero-order chi connectivity index (χ0) is 14.9. The molecule has 1 aromatic rings. The number of aromatic amines is 1. The molecule has 2 rings (SSSR count). The third-order valence-electron chi connectivity index (χ3n) is 3.34. The third kappa shape index (κ3) is 2.97. The number of aromatic nitrogens is 2. The molecule has 9 heteroatoms. The molecule has 0 radical (unpaired) electrons. The lowest BCUT2D eigenvalue weighted by Crippen LogP contribution is -2.43. The summed E-state index contributed by atoms with van der Waals surface area (Å²) in [4.78, 5) is 13.7. The molecule has 0 aliphatic carbocycles. The molecule has 1 fully saturated rings. The van der Waals surface area contributed by atoms with Crippen LogP contribution in [0.4, 0.5) is 0 Å². The Hall–Kier alpha value is -1.12. The van der Waals surface area contributed by atoms with Gasteiger partial charge in [-0.2, -0.15) is 5.10 Å². The molecule has 1 aliphatic rings. The lowest BCUT2D eigenvalue weighted by atomic mass is 10.1. The Kier molecular flexibility index (Phi) is 4.36. The van der Waals surface area contributed by atoms with E-state index in [0.717, 1.165) is 12.8 Å². The number of nitrogens with one attached hydrogen (secondary N) is 1. The lowest BCUT2D eigenvalue weighted by Gasteiger charge is -2.31. The summed E-state index contributed by atoms with van der Waals surface area (Å²) in [5, 5.41) is 6.28. The van der Waals surface area contributed by atoms with Gasteiger partial charge in [0.25, 0.3) is 15.0 Å². The van der Waals surface area contributed by atoms with Crippen LogP contribution in [0.1, 0.15) is 29.0 Å². The molecule has 1 unspecified atom stereocenters. The molecule has 1 aromatic heterocycles. The van der Waals surface area contributed by atoms with Gasteiger partial charge >= 0.3 is 0 Å². The Morgan fingerprint density at radius 1 is 1.55 bits per heavy atom. The van der Waals surface area contributed by atoms with E-state index >= 15 is 0 Å². The Morgan fingerprint density at radius 3 is 2.85 bits per heavy atom. The van der Waals surface area contributed by atoms with E-state index in [0.29, 0.717) is 13.1 Å². The number of rotatable bonds is 3. The second-order valence-corrected chi connectivity index (χ2v) is 7.22. The zero-order valence-corrected chi connectivity index (χ0v) is 12.8. The third-order valence-corrected chi connectivity index (χ3v) is 4.79. The number of nitrogens with zero attached hydrogens (tertiary/aromatic N) is 2. The zero-order valence-electron chi connectivity index (χ0n) is 11.2. The van der Waals surface area contributed by atoms with E-state index in [-0.39, 0.29) is 22.4 Å². The summed E-state index contributed by atoms with van der Waals surface area (Å²) < 4.78 is 28.4. The van der Waals surface area contributed by atoms with Gasteiger partial charge in [-0.25, -0.2) is 8.42 Å². The minimum atomic E-state index is -4.02. The number of H-pyrrole nitrogens is 1. The number of ether oxygens (including phenoxy) is 1. The highest BCUT2D eigenvalue weighted by Gasteiger charge is 2.32. The summed E-state index contributed by atoms with van der Waals surface area (Å²) >= 11 is 0. The molecule has 1 atom stereocenters. The van der Waals surface area contributed by atoms with Crippen molar-refractivity contribution in [2.24, 2.45) is 0 Å². The van der Waals surface area contributed by atoms with E-state index in [1.54, 1.807) is 12.0 Å². The summed E-state index contributed by atoms with van der Waals surface area (Å²) in [5.74, 6) is -0.449. The van der Waals surface area contributed by atoms with Crippen LogP contribution in [-0.4, -0.2) is 55.7 Å². The van der Waals surface area contributed by atoms with Crippen molar-refractivity contribution in [2.75, 3.05) is 20.2 Å². The molecule has 0 saturated carbocycles. The topological polar surface area (TPSA) is 92.4 Å². The van der Waals surface area contributed by atoms with Crippen LogP contribution in [0.25, 0.3) is 0 Å². The van der Waals surface area contributed by atoms with Crippen molar-refractivity contribution < 1.29 is 17.9 Å². The maximum absolute atomic E-state index is 12.4. The predicted octanol–water partition coefficient (Wildman–Crippen LogP) is 0.897. The molecule has 1 aliphatic heterocycles. The highest BCUT2D eigenvalue weighted by Crippen LogP contribution is 2.24. The molecule has 1 amide bonds. The normalized spacial score (nSPS) is 20.1. The molecule has 2 heterocycles. The van der Waals surface area contributed by atoms with Crippen molar-refractivity contribution in [1.82, 2.24) is 15.1 Å². The molecule has 1 saturated heterocycles. The van der Waals surface area contributed by atoms with Gasteiger partial charge in [-0.05, 0) is 19.8 Å². The number of aryl methyl sites for hydroxylation is 1. The molecular weight excluding hydrogens is 306 g/mol. The van der Waals surface area contributed by atoms with Gasteiger partial charge in [0.2, 0.25) is 0 Å². The largest absolute Gasteiger partial charge is 0.380 e. The summed E-state index contributed by atoms with van der Waals surface area (Å²) in [5.41, 5.74) is 0.0953. The van der Waals surface area contributed by atoms with Gasteiger partial charge in [-0.15, -0.1) is 0 Å². The smallest absolute Gasteiger partial charge is 0.275 e. The van der Waals surface area contributed by atoms with Gasteiger partial charge in [0.1, 0.15) is 4.90 Å². The quantitative estimate of drug-likeness (QED) is 0.835. The van der Waals surface area contributed by atoms with E-state index in [1.165, 1.54) is 6.92 Å². The molecular formula is C11H16ClN3O4S. The number of piperidine rings is 1. The fraction of sp³-hybridized carbons (Fsp3) is 0.636. The summed E-state index contributed by atoms with van der Waals surface area (Å²) in [6.07, 6.45) is 1.64. The molecule has 1 N–H and O–H groups in total. The summed E-state index contributed by atoms with van der Waals surface area (Å²) in [7, 11) is 2.93. The van der Waals surface area contributed by atoms with E-state index in [2.05, 4.69) is 10.2 Å². The lowest BCUT2D eigenvalue weighted by molar-refractivity contribution is 0.0263. The van der Waals surface area contributed by atoms with Gasteiger partial charge < -0.3 is 9.64 Å². The minimum absolute atomic E-state index is 0.0382. The Bertz CT molecular complexity index is 613.